The number of allylic oxidation sites excluding steroid dienone is 3. The lowest BCUT2D eigenvalue weighted by Gasteiger charge is -2.52. The molecule has 1 aromatic rings. The third-order valence-corrected chi connectivity index (χ3v) is 6.85. The van der Waals surface area contributed by atoms with E-state index in [0.29, 0.717) is 17.8 Å². The molecule has 1 N–H and O–H groups in total. The Morgan fingerprint density at radius 3 is 2.54 bits per heavy atom. The fourth-order valence-corrected chi connectivity index (χ4v) is 5.40. The minimum atomic E-state index is -0.331. The maximum Gasteiger partial charge on any atom is 0.0720 e. The number of fused-ring (bicyclic) bond motifs is 3. The van der Waals surface area contributed by atoms with Crippen LogP contribution in [0.3, 0.4) is 0 Å². The van der Waals surface area contributed by atoms with E-state index in [1.807, 2.05) is 0 Å². The molecule has 5 rings (SSSR count). The largest absolute Gasteiger partial charge is 0.391 e. The zero-order chi connectivity index (χ0) is 16.7. The Hall–Kier alpha value is -1.38. The van der Waals surface area contributed by atoms with E-state index in [1.165, 1.54) is 37.1 Å². The normalized spacial score (nSPS) is 39.1. The summed E-state index contributed by atoms with van der Waals surface area (Å²) in [5, 5.41) is 11.7. The van der Waals surface area contributed by atoms with Gasteiger partial charge in [0.25, 0.3) is 0 Å². The minimum absolute atomic E-state index is 0.300. The van der Waals surface area contributed by atoms with Gasteiger partial charge in [-0.25, -0.2) is 0 Å². The number of aliphatic hydroxyl groups excluding tert-OH is 1. The van der Waals surface area contributed by atoms with E-state index < -0.39 is 0 Å². The third-order valence-electron chi connectivity index (χ3n) is 6.85. The number of benzene rings is 1. The third kappa shape index (κ3) is 2.39. The fourth-order valence-electron chi connectivity index (χ4n) is 5.40. The highest BCUT2D eigenvalue weighted by atomic mass is 16.3. The molecule has 0 amide bonds. The molecular weight excluding hydrogens is 294 g/mol. The van der Waals surface area contributed by atoms with Crippen LogP contribution in [0.4, 0.5) is 0 Å². The average molecular weight is 323 g/mol. The van der Waals surface area contributed by atoms with Gasteiger partial charge in [-0.1, -0.05) is 55.5 Å². The SMILES string of the molecule is Cc1ccccc1[C@]1([C@H](O)[C@@H]2CN3CCC2CC3)C=CC=C[C@H]1C. The topological polar surface area (TPSA) is 23.5 Å². The molecule has 1 aliphatic carbocycles. The molecule has 0 saturated carbocycles. The van der Waals surface area contributed by atoms with E-state index in [9.17, 15) is 5.11 Å². The van der Waals surface area contributed by atoms with Crippen molar-refractivity contribution < 1.29 is 5.11 Å². The standard InChI is InChI=1S/C22H29NO/c1-16-7-3-4-9-20(16)22(12-6-5-8-17(22)2)21(24)19-15-23-13-10-18(19)11-14-23/h3-9,12,17-19,21,24H,10-11,13-15H2,1-2H3/t17-,19-,21-,22+/m1/s1. The Bertz CT molecular complexity index is 656. The summed E-state index contributed by atoms with van der Waals surface area (Å²) in [4.78, 5) is 2.55. The second kappa shape index (κ2) is 6.16. The number of hydrogen-bond donors (Lipinski definition) is 1. The molecule has 128 valence electrons. The smallest absolute Gasteiger partial charge is 0.0720 e. The zero-order valence-electron chi connectivity index (χ0n) is 14.9. The molecule has 2 nitrogen and oxygen atoms in total. The molecule has 0 unspecified atom stereocenters. The number of hydrogen-bond acceptors (Lipinski definition) is 2. The highest BCUT2D eigenvalue weighted by Crippen LogP contribution is 2.47. The lowest BCUT2D eigenvalue weighted by molar-refractivity contribution is -0.0576. The average Bonchev–Trinajstić information content (AvgIpc) is 2.63. The number of piperidine rings is 3. The van der Waals surface area contributed by atoms with Crippen LogP contribution >= 0.6 is 0 Å². The van der Waals surface area contributed by atoms with Crippen molar-refractivity contribution in [3.63, 3.8) is 0 Å². The quantitative estimate of drug-likeness (QED) is 0.917. The van der Waals surface area contributed by atoms with Crippen molar-refractivity contribution in [1.82, 2.24) is 4.90 Å². The van der Waals surface area contributed by atoms with Gasteiger partial charge in [-0.15, -0.1) is 0 Å². The van der Waals surface area contributed by atoms with Crippen LogP contribution < -0.4 is 0 Å². The van der Waals surface area contributed by atoms with E-state index in [0.717, 1.165) is 6.54 Å². The molecule has 2 heteroatoms. The van der Waals surface area contributed by atoms with Crippen LogP contribution in [-0.2, 0) is 5.41 Å². The van der Waals surface area contributed by atoms with E-state index >= 15 is 0 Å². The molecule has 0 spiro atoms. The highest BCUT2D eigenvalue weighted by Gasteiger charge is 2.50. The van der Waals surface area contributed by atoms with Crippen molar-refractivity contribution in [2.45, 2.75) is 38.2 Å². The van der Waals surface area contributed by atoms with Crippen LogP contribution in [0.25, 0.3) is 0 Å². The Kier molecular flexibility index (Phi) is 4.14. The molecule has 4 aliphatic rings. The van der Waals surface area contributed by atoms with Gasteiger partial charge in [-0.05, 0) is 55.8 Å². The van der Waals surface area contributed by atoms with Crippen LogP contribution in [0.15, 0.2) is 48.6 Å². The molecule has 3 heterocycles. The summed E-state index contributed by atoms with van der Waals surface area (Å²) in [5.74, 6) is 1.36. The Balaban J connectivity index is 1.78. The van der Waals surface area contributed by atoms with E-state index in [-0.39, 0.29) is 11.5 Å². The molecular formula is C22H29NO. The van der Waals surface area contributed by atoms with Crippen molar-refractivity contribution in [3.05, 3.63) is 59.7 Å². The summed E-state index contributed by atoms with van der Waals surface area (Å²) < 4.78 is 0. The van der Waals surface area contributed by atoms with Crippen molar-refractivity contribution >= 4 is 0 Å². The van der Waals surface area contributed by atoms with Gasteiger partial charge in [0.2, 0.25) is 0 Å². The fraction of sp³-hybridized carbons (Fsp3) is 0.545. The van der Waals surface area contributed by atoms with Gasteiger partial charge < -0.3 is 10.0 Å². The summed E-state index contributed by atoms with van der Waals surface area (Å²) in [5.41, 5.74) is 2.27. The first-order chi connectivity index (χ1) is 11.6. The number of aliphatic hydroxyl groups is 1. The molecule has 2 bridgehead atoms. The summed E-state index contributed by atoms with van der Waals surface area (Å²) in [6.07, 6.45) is 11.0. The summed E-state index contributed by atoms with van der Waals surface area (Å²) in [6, 6.07) is 8.62. The van der Waals surface area contributed by atoms with Crippen LogP contribution in [0.1, 0.15) is 30.9 Å². The summed E-state index contributed by atoms with van der Waals surface area (Å²) >= 11 is 0. The van der Waals surface area contributed by atoms with E-state index in [4.69, 9.17) is 0 Å². The van der Waals surface area contributed by atoms with Gasteiger partial charge >= 0.3 is 0 Å². The molecule has 3 fully saturated rings. The Morgan fingerprint density at radius 1 is 1.17 bits per heavy atom. The van der Waals surface area contributed by atoms with Crippen molar-refractivity contribution in [1.29, 1.82) is 0 Å². The summed E-state index contributed by atoms with van der Waals surface area (Å²) in [6.45, 7) is 7.94. The van der Waals surface area contributed by atoms with Gasteiger partial charge in [-0.3, -0.25) is 0 Å². The second-order valence-electron chi connectivity index (χ2n) is 8.03. The Morgan fingerprint density at radius 2 is 1.92 bits per heavy atom. The molecule has 3 aliphatic heterocycles. The van der Waals surface area contributed by atoms with Crippen molar-refractivity contribution in [3.8, 4) is 0 Å². The highest BCUT2D eigenvalue weighted by molar-refractivity contribution is 5.44. The Labute approximate surface area is 145 Å². The second-order valence-corrected chi connectivity index (χ2v) is 8.03. The van der Waals surface area contributed by atoms with Crippen LogP contribution in [-0.4, -0.2) is 35.7 Å². The summed E-state index contributed by atoms with van der Waals surface area (Å²) in [7, 11) is 0. The monoisotopic (exact) mass is 323 g/mol. The molecule has 24 heavy (non-hydrogen) atoms. The van der Waals surface area contributed by atoms with E-state index in [1.54, 1.807) is 0 Å². The maximum absolute atomic E-state index is 11.7. The van der Waals surface area contributed by atoms with Gasteiger partial charge in [0.1, 0.15) is 0 Å². The van der Waals surface area contributed by atoms with Gasteiger partial charge in [-0.2, -0.15) is 0 Å². The van der Waals surface area contributed by atoms with Crippen molar-refractivity contribution in [2.24, 2.45) is 17.8 Å². The predicted octanol–water partition coefficient (Wildman–Crippen LogP) is 3.70. The van der Waals surface area contributed by atoms with Crippen LogP contribution in [0.5, 0.6) is 0 Å². The number of nitrogens with zero attached hydrogens (tertiary/aromatic N) is 1. The van der Waals surface area contributed by atoms with Gasteiger partial charge in [0.15, 0.2) is 0 Å². The van der Waals surface area contributed by atoms with Crippen LogP contribution in [0, 0.1) is 24.7 Å². The zero-order valence-corrected chi connectivity index (χ0v) is 14.9. The predicted molar refractivity (Wildman–Crippen MR) is 99.0 cm³/mol. The first-order valence-electron chi connectivity index (χ1n) is 9.45. The maximum atomic E-state index is 11.7. The van der Waals surface area contributed by atoms with Crippen LogP contribution in [0.2, 0.25) is 0 Å². The number of rotatable bonds is 3. The van der Waals surface area contributed by atoms with Gasteiger partial charge in [0, 0.05) is 17.9 Å². The molecule has 1 aromatic carbocycles. The van der Waals surface area contributed by atoms with Gasteiger partial charge in [0.05, 0.1) is 6.10 Å². The molecule has 3 saturated heterocycles. The number of aryl methyl sites for hydroxylation is 1. The lowest BCUT2D eigenvalue weighted by Crippen LogP contribution is -2.57. The first-order valence-corrected chi connectivity index (χ1v) is 9.45. The lowest BCUT2D eigenvalue weighted by atomic mass is 9.58. The van der Waals surface area contributed by atoms with Crippen molar-refractivity contribution in [2.75, 3.05) is 19.6 Å². The molecule has 0 radical (unpaired) electrons. The molecule has 0 aromatic heterocycles. The first kappa shape index (κ1) is 16.1. The minimum Gasteiger partial charge on any atom is -0.391 e. The van der Waals surface area contributed by atoms with E-state index in [2.05, 4.69) is 67.3 Å². The molecule has 4 atom stereocenters.